The number of carbonyl (C=O) groups is 3. The number of nitrogens with zero attached hydrogens (tertiary/aromatic N) is 1. The van der Waals surface area contributed by atoms with Crippen LogP contribution in [0.5, 0.6) is 11.5 Å². The Labute approximate surface area is 186 Å². The second-order valence-electron chi connectivity index (χ2n) is 8.22. The summed E-state index contributed by atoms with van der Waals surface area (Å²) in [6, 6.07) is 9.24. The zero-order valence-corrected chi connectivity index (χ0v) is 18.1. The molecule has 8 heteroatoms. The van der Waals surface area contributed by atoms with Gasteiger partial charge in [-0.15, -0.1) is 0 Å². The quantitative estimate of drug-likeness (QED) is 0.389. The molecule has 32 heavy (non-hydrogen) atoms. The van der Waals surface area contributed by atoms with E-state index in [1.54, 1.807) is 49.0 Å². The second-order valence-corrected chi connectivity index (χ2v) is 8.22. The monoisotopic (exact) mass is 438 g/mol. The van der Waals surface area contributed by atoms with Crippen LogP contribution in [0.15, 0.2) is 36.4 Å². The van der Waals surface area contributed by atoms with E-state index in [0.717, 1.165) is 36.1 Å². The molecule has 1 saturated carbocycles. The molecule has 8 nitrogen and oxygen atoms in total. The molecule has 1 aliphatic carbocycles. The fraction of sp³-hybridized carbons (Fsp3) is 0.375. The first kappa shape index (κ1) is 21.8. The van der Waals surface area contributed by atoms with Gasteiger partial charge in [-0.1, -0.05) is 17.7 Å². The lowest BCUT2D eigenvalue weighted by molar-refractivity contribution is -0.130. The second kappa shape index (κ2) is 9.00. The van der Waals surface area contributed by atoms with Gasteiger partial charge in [-0.3, -0.25) is 24.5 Å². The number of benzene rings is 2. The standard InChI is InChI=1S/C24H26N2O6/c1-14-7-9-17-18(11-14)24(29)26(23(17)28)19(13-22(27)25-30)15-8-10-20(31-2)21(12-15)32-16-5-3-4-6-16/h7-12,16,19,30H,3-6,13H2,1-2H3,(H,25,27). The van der Waals surface area contributed by atoms with Gasteiger partial charge in [0.25, 0.3) is 11.8 Å². The van der Waals surface area contributed by atoms with Gasteiger partial charge in [0.05, 0.1) is 36.8 Å². The third kappa shape index (κ3) is 4.05. The number of hydroxylamine groups is 1. The van der Waals surface area contributed by atoms with E-state index in [1.807, 2.05) is 6.92 Å². The molecule has 2 N–H and O–H groups in total. The fourth-order valence-corrected chi connectivity index (χ4v) is 4.41. The SMILES string of the molecule is COc1ccc(C(CC(=O)NO)N2C(=O)c3ccc(C)cc3C2=O)cc1OC1CCCC1. The van der Waals surface area contributed by atoms with Crippen LogP contribution in [0.2, 0.25) is 0 Å². The maximum atomic E-state index is 13.2. The molecule has 2 aromatic carbocycles. The summed E-state index contributed by atoms with van der Waals surface area (Å²) in [4.78, 5) is 39.5. The minimum Gasteiger partial charge on any atom is -0.493 e. The van der Waals surface area contributed by atoms with Gasteiger partial charge < -0.3 is 9.47 Å². The molecule has 0 bridgehead atoms. The van der Waals surface area contributed by atoms with Gasteiger partial charge in [-0.25, -0.2) is 5.48 Å². The van der Waals surface area contributed by atoms with Crippen LogP contribution >= 0.6 is 0 Å². The lowest BCUT2D eigenvalue weighted by Crippen LogP contribution is -2.37. The molecule has 1 atom stereocenters. The number of hydrogen-bond acceptors (Lipinski definition) is 6. The van der Waals surface area contributed by atoms with Crippen molar-refractivity contribution in [1.29, 1.82) is 0 Å². The Morgan fingerprint density at radius 2 is 1.81 bits per heavy atom. The van der Waals surface area contributed by atoms with E-state index < -0.39 is 23.8 Å². The molecule has 1 heterocycles. The van der Waals surface area contributed by atoms with E-state index in [4.69, 9.17) is 14.7 Å². The van der Waals surface area contributed by atoms with E-state index in [-0.39, 0.29) is 12.5 Å². The number of nitrogens with one attached hydrogen (secondary N) is 1. The van der Waals surface area contributed by atoms with Crippen molar-refractivity contribution >= 4 is 17.7 Å². The highest BCUT2D eigenvalue weighted by Crippen LogP contribution is 2.39. The molecule has 2 aromatic rings. The number of hydrogen-bond donors (Lipinski definition) is 2. The lowest BCUT2D eigenvalue weighted by atomic mass is 10.0. The lowest BCUT2D eigenvalue weighted by Gasteiger charge is -2.27. The van der Waals surface area contributed by atoms with Crippen molar-refractivity contribution in [2.45, 2.75) is 51.2 Å². The largest absolute Gasteiger partial charge is 0.493 e. The Morgan fingerprint density at radius 1 is 1.09 bits per heavy atom. The van der Waals surface area contributed by atoms with Gasteiger partial charge in [0.15, 0.2) is 11.5 Å². The van der Waals surface area contributed by atoms with Crippen molar-refractivity contribution in [2.24, 2.45) is 0 Å². The third-order valence-electron chi connectivity index (χ3n) is 6.06. The van der Waals surface area contributed by atoms with Crippen molar-refractivity contribution in [1.82, 2.24) is 10.4 Å². The first-order valence-electron chi connectivity index (χ1n) is 10.7. The van der Waals surface area contributed by atoms with E-state index >= 15 is 0 Å². The minimum absolute atomic E-state index is 0.0700. The summed E-state index contributed by atoms with van der Waals surface area (Å²) in [6.07, 6.45) is 3.86. The number of rotatable bonds is 7. The number of amides is 3. The van der Waals surface area contributed by atoms with Crippen LogP contribution in [-0.2, 0) is 4.79 Å². The highest BCUT2D eigenvalue weighted by molar-refractivity contribution is 6.21. The molecule has 168 valence electrons. The summed E-state index contributed by atoms with van der Waals surface area (Å²) in [5.74, 6) is -0.632. The summed E-state index contributed by atoms with van der Waals surface area (Å²) >= 11 is 0. The van der Waals surface area contributed by atoms with Crippen LogP contribution in [-0.4, -0.2) is 41.0 Å². The van der Waals surface area contributed by atoms with Crippen molar-refractivity contribution in [2.75, 3.05) is 7.11 Å². The first-order chi connectivity index (χ1) is 15.4. The van der Waals surface area contributed by atoms with Crippen molar-refractivity contribution < 1.29 is 29.1 Å². The topological polar surface area (TPSA) is 105 Å². The van der Waals surface area contributed by atoms with E-state index in [1.165, 1.54) is 0 Å². The third-order valence-corrected chi connectivity index (χ3v) is 6.06. The van der Waals surface area contributed by atoms with E-state index in [0.29, 0.717) is 28.2 Å². The Morgan fingerprint density at radius 3 is 2.50 bits per heavy atom. The number of aryl methyl sites for hydroxylation is 1. The van der Waals surface area contributed by atoms with Crippen LogP contribution in [0, 0.1) is 6.92 Å². The Bertz CT molecular complexity index is 1060. The normalized spacial score (nSPS) is 16.8. The highest BCUT2D eigenvalue weighted by Gasteiger charge is 2.41. The average Bonchev–Trinajstić information content (AvgIpc) is 3.38. The number of carbonyl (C=O) groups excluding carboxylic acids is 3. The van der Waals surface area contributed by atoms with Gasteiger partial charge in [0.2, 0.25) is 5.91 Å². The van der Waals surface area contributed by atoms with Gasteiger partial charge in [0, 0.05) is 0 Å². The average molecular weight is 438 g/mol. The van der Waals surface area contributed by atoms with Gasteiger partial charge in [-0.2, -0.15) is 0 Å². The van der Waals surface area contributed by atoms with Crippen molar-refractivity contribution in [3.8, 4) is 11.5 Å². The van der Waals surface area contributed by atoms with Gasteiger partial charge in [0.1, 0.15) is 0 Å². The predicted octanol–water partition coefficient (Wildman–Crippen LogP) is 3.56. The maximum Gasteiger partial charge on any atom is 0.262 e. The molecule has 3 amide bonds. The number of imide groups is 1. The molecule has 2 aliphatic rings. The molecule has 1 unspecified atom stereocenters. The smallest absolute Gasteiger partial charge is 0.262 e. The Kier molecular flexibility index (Phi) is 6.14. The summed E-state index contributed by atoms with van der Waals surface area (Å²) in [5, 5.41) is 9.11. The summed E-state index contributed by atoms with van der Waals surface area (Å²) in [5.41, 5.74) is 3.59. The van der Waals surface area contributed by atoms with Crippen LogP contribution in [0.3, 0.4) is 0 Å². The van der Waals surface area contributed by atoms with E-state index in [9.17, 15) is 14.4 Å². The Hall–Kier alpha value is -3.39. The summed E-state index contributed by atoms with van der Waals surface area (Å²) in [7, 11) is 1.54. The van der Waals surface area contributed by atoms with Crippen LogP contribution in [0.1, 0.15) is 70.0 Å². The highest BCUT2D eigenvalue weighted by atomic mass is 16.5. The molecular weight excluding hydrogens is 412 g/mol. The molecular formula is C24H26N2O6. The van der Waals surface area contributed by atoms with Gasteiger partial charge >= 0.3 is 0 Å². The molecule has 0 saturated heterocycles. The number of ether oxygens (including phenoxy) is 2. The molecule has 0 radical (unpaired) electrons. The van der Waals surface area contributed by atoms with Crippen molar-refractivity contribution in [3.05, 3.63) is 58.7 Å². The number of fused-ring (bicyclic) bond motifs is 1. The minimum atomic E-state index is -0.924. The maximum absolute atomic E-state index is 13.2. The molecule has 4 rings (SSSR count). The first-order valence-corrected chi connectivity index (χ1v) is 10.7. The zero-order chi connectivity index (χ0) is 22.8. The molecule has 0 aromatic heterocycles. The summed E-state index contributed by atoms with van der Waals surface area (Å²) < 4.78 is 11.6. The molecule has 0 spiro atoms. The summed E-state index contributed by atoms with van der Waals surface area (Å²) in [6.45, 7) is 1.84. The zero-order valence-electron chi connectivity index (χ0n) is 18.1. The van der Waals surface area contributed by atoms with Gasteiger partial charge in [-0.05, 0) is 62.4 Å². The molecule has 1 aliphatic heterocycles. The number of methoxy groups -OCH3 is 1. The predicted molar refractivity (Wildman–Crippen MR) is 115 cm³/mol. The Balaban J connectivity index is 1.73. The van der Waals surface area contributed by atoms with Crippen LogP contribution in [0.4, 0.5) is 0 Å². The van der Waals surface area contributed by atoms with Crippen LogP contribution < -0.4 is 15.0 Å². The van der Waals surface area contributed by atoms with E-state index in [2.05, 4.69) is 0 Å². The fourth-order valence-electron chi connectivity index (χ4n) is 4.41. The molecule has 1 fully saturated rings. The van der Waals surface area contributed by atoms with Crippen LogP contribution in [0.25, 0.3) is 0 Å². The van der Waals surface area contributed by atoms with Crippen molar-refractivity contribution in [3.63, 3.8) is 0 Å².